The molecule has 1 fully saturated rings. The Hall–Kier alpha value is -1.76. The predicted molar refractivity (Wildman–Crippen MR) is 86.1 cm³/mol. The normalized spacial score (nSPS) is 16.9. The number of nitrogens with two attached hydrogens (primary N) is 1. The van der Waals surface area contributed by atoms with E-state index < -0.39 is 0 Å². The lowest BCUT2D eigenvalue weighted by molar-refractivity contribution is 0.0963. The van der Waals surface area contributed by atoms with Crippen LogP contribution in [0.2, 0.25) is 0 Å². The molecule has 1 aromatic rings. The molecule has 0 bridgehead atoms. The van der Waals surface area contributed by atoms with E-state index in [2.05, 4.69) is 29.4 Å². The van der Waals surface area contributed by atoms with E-state index >= 15 is 0 Å². The lowest BCUT2D eigenvalue weighted by Crippen LogP contribution is -2.26. The van der Waals surface area contributed by atoms with Gasteiger partial charge in [0.15, 0.2) is 0 Å². The Balaban J connectivity index is 2.49. The summed E-state index contributed by atoms with van der Waals surface area (Å²) in [7, 11) is 3.12. The fraction of sp³-hybridized carbons (Fsp3) is 0.571. The molecule has 116 valence electrons. The van der Waals surface area contributed by atoms with Gasteiger partial charge in [-0.05, 0) is 11.8 Å². The molecule has 1 aliphatic heterocycles. The Bertz CT molecular complexity index is 580. The summed E-state index contributed by atoms with van der Waals surface area (Å²) in [5, 5.41) is 5.96. The van der Waals surface area contributed by atoms with Crippen molar-refractivity contribution < 1.29 is 9.59 Å². The van der Waals surface area contributed by atoms with Crippen LogP contribution < -0.4 is 21.3 Å². The van der Waals surface area contributed by atoms with Gasteiger partial charge in [-0.25, -0.2) is 0 Å². The summed E-state index contributed by atoms with van der Waals surface area (Å²) in [6.07, 6.45) is 1.05. The largest absolute Gasteiger partial charge is 0.397 e. The first kappa shape index (κ1) is 15.6. The highest BCUT2D eigenvalue weighted by molar-refractivity contribution is 7.19. The highest BCUT2D eigenvalue weighted by Crippen LogP contribution is 2.42. The lowest BCUT2D eigenvalue weighted by Gasteiger charge is -2.21. The van der Waals surface area contributed by atoms with Crippen LogP contribution in [0.3, 0.4) is 0 Å². The first-order valence-electron chi connectivity index (χ1n) is 6.92. The number of anilines is 2. The van der Waals surface area contributed by atoms with Crippen molar-refractivity contribution in [1.82, 2.24) is 10.6 Å². The first-order valence-corrected chi connectivity index (χ1v) is 7.73. The minimum absolute atomic E-state index is 0.200. The second-order valence-electron chi connectivity index (χ2n) is 6.02. The summed E-state index contributed by atoms with van der Waals surface area (Å²) in [6.45, 7) is 6.11. The van der Waals surface area contributed by atoms with Crippen LogP contribution in [0.1, 0.15) is 40.3 Å². The number of hydrogen-bond acceptors (Lipinski definition) is 5. The topological polar surface area (TPSA) is 87.5 Å². The van der Waals surface area contributed by atoms with Gasteiger partial charge in [-0.1, -0.05) is 13.8 Å². The van der Waals surface area contributed by atoms with Gasteiger partial charge < -0.3 is 21.3 Å². The summed E-state index contributed by atoms with van der Waals surface area (Å²) in [5.74, 6) is -0.508. The Morgan fingerprint density at radius 2 is 1.86 bits per heavy atom. The van der Waals surface area contributed by atoms with E-state index in [9.17, 15) is 9.59 Å². The van der Waals surface area contributed by atoms with Gasteiger partial charge in [-0.15, -0.1) is 11.3 Å². The number of carbonyl (C=O) groups is 2. The van der Waals surface area contributed by atoms with Crippen LogP contribution in [0.15, 0.2) is 0 Å². The van der Waals surface area contributed by atoms with Gasteiger partial charge in [0.25, 0.3) is 11.8 Å². The molecule has 0 aromatic carbocycles. The molecule has 6 nitrogen and oxygen atoms in total. The van der Waals surface area contributed by atoms with Crippen molar-refractivity contribution in [3.05, 3.63) is 10.4 Å². The molecule has 1 saturated heterocycles. The van der Waals surface area contributed by atoms with Gasteiger partial charge in [0.2, 0.25) is 0 Å². The predicted octanol–water partition coefficient (Wildman–Crippen LogP) is 1.29. The molecule has 7 heteroatoms. The van der Waals surface area contributed by atoms with Crippen molar-refractivity contribution in [2.45, 2.75) is 20.3 Å². The SMILES string of the molecule is CNC(=O)c1sc(N2CCC(C)(C)C2)c(C(=O)NC)c1N. The smallest absolute Gasteiger partial charge is 0.263 e. The van der Waals surface area contributed by atoms with E-state index in [1.165, 1.54) is 11.3 Å². The van der Waals surface area contributed by atoms with E-state index in [0.717, 1.165) is 24.5 Å². The van der Waals surface area contributed by atoms with Gasteiger partial charge in [-0.2, -0.15) is 0 Å². The summed E-state index contributed by atoms with van der Waals surface area (Å²) in [5.41, 5.74) is 6.93. The number of hydrogen-bond donors (Lipinski definition) is 3. The van der Waals surface area contributed by atoms with Crippen molar-refractivity contribution in [2.75, 3.05) is 37.8 Å². The van der Waals surface area contributed by atoms with Crippen LogP contribution >= 0.6 is 11.3 Å². The lowest BCUT2D eigenvalue weighted by atomic mass is 9.93. The number of rotatable bonds is 3. The second-order valence-corrected chi connectivity index (χ2v) is 7.02. The Morgan fingerprint density at radius 1 is 1.24 bits per heavy atom. The van der Waals surface area contributed by atoms with Crippen LogP contribution in [0.25, 0.3) is 0 Å². The molecule has 2 rings (SSSR count). The van der Waals surface area contributed by atoms with Crippen LogP contribution in [0, 0.1) is 5.41 Å². The average Bonchev–Trinajstić information content (AvgIpc) is 2.97. The van der Waals surface area contributed by atoms with Crippen molar-refractivity contribution in [1.29, 1.82) is 0 Å². The van der Waals surface area contributed by atoms with Crippen LogP contribution in [0.5, 0.6) is 0 Å². The second kappa shape index (κ2) is 5.55. The number of nitrogens with zero attached hydrogens (tertiary/aromatic N) is 1. The maximum Gasteiger partial charge on any atom is 0.263 e. The van der Waals surface area contributed by atoms with Crippen molar-refractivity contribution in [3.8, 4) is 0 Å². The molecule has 0 radical (unpaired) electrons. The van der Waals surface area contributed by atoms with E-state index in [-0.39, 0.29) is 22.9 Å². The minimum atomic E-state index is -0.257. The van der Waals surface area contributed by atoms with Gasteiger partial charge >= 0.3 is 0 Å². The third-order valence-corrected chi connectivity index (χ3v) is 5.04. The van der Waals surface area contributed by atoms with Crippen molar-refractivity contribution in [2.24, 2.45) is 5.41 Å². The van der Waals surface area contributed by atoms with Gasteiger partial charge in [0.05, 0.1) is 11.3 Å². The molecule has 0 atom stereocenters. The first-order chi connectivity index (χ1) is 9.80. The van der Waals surface area contributed by atoms with Gasteiger partial charge in [0.1, 0.15) is 9.88 Å². The van der Waals surface area contributed by atoms with E-state index in [4.69, 9.17) is 5.73 Å². The van der Waals surface area contributed by atoms with Crippen LogP contribution in [-0.4, -0.2) is 39.0 Å². The van der Waals surface area contributed by atoms with Gasteiger partial charge in [0, 0.05) is 27.2 Å². The zero-order valence-electron chi connectivity index (χ0n) is 12.9. The molecule has 4 N–H and O–H groups in total. The molecule has 1 aliphatic rings. The number of nitrogen functional groups attached to an aromatic ring is 1. The molecular weight excluding hydrogens is 288 g/mol. The molecule has 2 heterocycles. The zero-order valence-corrected chi connectivity index (χ0v) is 13.7. The highest BCUT2D eigenvalue weighted by Gasteiger charge is 2.34. The molecule has 21 heavy (non-hydrogen) atoms. The fourth-order valence-electron chi connectivity index (χ4n) is 2.57. The molecular formula is C14H22N4O2S. The fourth-order valence-corrected chi connectivity index (χ4v) is 3.76. The quantitative estimate of drug-likeness (QED) is 0.785. The highest BCUT2D eigenvalue weighted by atomic mass is 32.1. The maximum absolute atomic E-state index is 12.2. The number of amides is 2. The third-order valence-electron chi connectivity index (χ3n) is 3.78. The van der Waals surface area contributed by atoms with Crippen LogP contribution in [0.4, 0.5) is 10.7 Å². The Morgan fingerprint density at radius 3 is 2.33 bits per heavy atom. The van der Waals surface area contributed by atoms with E-state index in [0.29, 0.717) is 10.4 Å². The summed E-state index contributed by atoms with van der Waals surface area (Å²) < 4.78 is 0. The molecule has 2 amide bonds. The average molecular weight is 310 g/mol. The van der Waals surface area contributed by atoms with Crippen molar-refractivity contribution >= 4 is 33.8 Å². The molecule has 0 aliphatic carbocycles. The maximum atomic E-state index is 12.2. The molecule has 1 aromatic heterocycles. The monoisotopic (exact) mass is 310 g/mol. The Kier molecular flexibility index (Phi) is 4.13. The number of nitrogens with one attached hydrogen (secondary N) is 2. The number of thiophene rings is 1. The van der Waals surface area contributed by atoms with Crippen molar-refractivity contribution in [3.63, 3.8) is 0 Å². The third kappa shape index (κ3) is 2.83. The minimum Gasteiger partial charge on any atom is -0.397 e. The Labute approximate surface area is 128 Å². The zero-order chi connectivity index (χ0) is 15.8. The van der Waals surface area contributed by atoms with Gasteiger partial charge in [-0.3, -0.25) is 9.59 Å². The standard InChI is InChI=1S/C14H22N4O2S/c1-14(2)5-6-18(7-14)13-8(11(19)16-3)9(15)10(21-13)12(20)17-4/h5-7,15H2,1-4H3,(H,16,19)(H,17,20). The number of carbonyl (C=O) groups excluding carboxylic acids is 2. The van der Waals surface area contributed by atoms with Crippen LogP contribution in [-0.2, 0) is 0 Å². The molecule has 0 spiro atoms. The summed E-state index contributed by atoms with van der Waals surface area (Å²) in [4.78, 5) is 26.6. The molecule has 0 saturated carbocycles. The summed E-state index contributed by atoms with van der Waals surface area (Å²) >= 11 is 1.29. The molecule has 0 unspecified atom stereocenters. The van der Waals surface area contributed by atoms with E-state index in [1.54, 1.807) is 14.1 Å². The van der Waals surface area contributed by atoms with E-state index in [1.807, 2.05) is 0 Å². The summed E-state index contributed by atoms with van der Waals surface area (Å²) in [6, 6.07) is 0.